The van der Waals surface area contributed by atoms with E-state index in [1.165, 1.54) is 0 Å². The van der Waals surface area contributed by atoms with E-state index in [-0.39, 0.29) is 15.5 Å². The van der Waals surface area contributed by atoms with Gasteiger partial charge in [-0.3, -0.25) is 0 Å². The lowest BCUT2D eigenvalue weighted by Crippen LogP contribution is -2.42. The zero-order chi connectivity index (χ0) is 14.6. The van der Waals surface area contributed by atoms with Crippen molar-refractivity contribution in [2.45, 2.75) is 30.6 Å². The largest absolute Gasteiger partial charge is 0.374 e. The van der Waals surface area contributed by atoms with Crippen molar-refractivity contribution in [1.82, 2.24) is 19.8 Å². The highest BCUT2D eigenvalue weighted by Gasteiger charge is 2.24. The Hall–Kier alpha value is -0.770. The highest BCUT2D eigenvalue weighted by atomic mass is 32.2. The number of nitrogens with one attached hydrogen (secondary N) is 1. The molecule has 0 aliphatic rings. The summed E-state index contributed by atoms with van der Waals surface area (Å²) in [6.07, 6.45) is 0.756. The molecule has 0 saturated carbocycles. The maximum atomic E-state index is 12.1. The monoisotopic (exact) mass is 307 g/mol. The van der Waals surface area contributed by atoms with Crippen LogP contribution in [0.5, 0.6) is 0 Å². The molecule has 1 rings (SSSR count). The summed E-state index contributed by atoms with van der Waals surface area (Å²) in [4.78, 5) is 1.95. The standard InChI is InChI=1S/C10H21N5O2S2/c1-7(2)5-8(6-15(3)4)14-19(16,17)10-13-12-9(11)18-10/h7-8,14H,5-6H2,1-4H3,(H2,11,12). The molecule has 1 atom stereocenters. The molecule has 9 heteroatoms. The first-order chi connectivity index (χ1) is 8.70. The lowest BCUT2D eigenvalue weighted by molar-refractivity contribution is 0.329. The molecule has 1 aromatic heterocycles. The van der Waals surface area contributed by atoms with Gasteiger partial charge in [0.2, 0.25) is 9.47 Å². The van der Waals surface area contributed by atoms with Crippen LogP contribution in [0.15, 0.2) is 4.34 Å². The molecule has 0 aromatic carbocycles. The summed E-state index contributed by atoms with van der Waals surface area (Å²) in [5.74, 6) is 0.395. The van der Waals surface area contributed by atoms with Gasteiger partial charge < -0.3 is 10.6 Å². The van der Waals surface area contributed by atoms with Crippen molar-refractivity contribution in [1.29, 1.82) is 0 Å². The van der Waals surface area contributed by atoms with Crippen LogP contribution >= 0.6 is 11.3 Å². The van der Waals surface area contributed by atoms with Crippen molar-refractivity contribution < 1.29 is 8.42 Å². The van der Waals surface area contributed by atoms with E-state index in [9.17, 15) is 8.42 Å². The number of likely N-dealkylation sites (N-methyl/N-ethyl adjacent to an activating group) is 1. The quantitative estimate of drug-likeness (QED) is 0.755. The Bertz CT molecular complexity index is 488. The van der Waals surface area contributed by atoms with Crippen LogP contribution in [0.2, 0.25) is 0 Å². The number of rotatable bonds is 7. The number of anilines is 1. The lowest BCUT2D eigenvalue weighted by Gasteiger charge is -2.23. The molecule has 1 heterocycles. The summed E-state index contributed by atoms with van der Waals surface area (Å²) in [5.41, 5.74) is 5.41. The molecule has 1 unspecified atom stereocenters. The highest BCUT2D eigenvalue weighted by molar-refractivity contribution is 7.91. The van der Waals surface area contributed by atoms with E-state index in [1.807, 2.05) is 19.0 Å². The zero-order valence-corrected chi connectivity index (χ0v) is 13.3. The molecule has 0 aliphatic carbocycles. The van der Waals surface area contributed by atoms with E-state index >= 15 is 0 Å². The van der Waals surface area contributed by atoms with Gasteiger partial charge in [-0.1, -0.05) is 25.2 Å². The predicted molar refractivity (Wildman–Crippen MR) is 76.4 cm³/mol. The van der Waals surface area contributed by atoms with Crippen molar-refractivity contribution in [3.8, 4) is 0 Å². The van der Waals surface area contributed by atoms with Gasteiger partial charge in [0.25, 0.3) is 10.0 Å². The first kappa shape index (κ1) is 16.3. The third-order valence-corrected chi connectivity index (χ3v) is 4.96. The van der Waals surface area contributed by atoms with Crippen molar-refractivity contribution in [3.05, 3.63) is 0 Å². The van der Waals surface area contributed by atoms with Gasteiger partial charge in [-0.2, -0.15) is 0 Å². The second kappa shape index (κ2) is 6.60. The number of sulfonamides is 1. The van der Waals surface area contributed by atoms with Gasteiger partial charge in [-0.25, -0.2) is 13.1 Å². The molecule has 3 N–H and O–H groups in total. The number of nitrogens with zero attached hydrogens (tertiary/aromatic N) is 3. The van der Waals surface area contributed by atoms with Crippen molar-refractivity contribution in [2.24, 2.45) is 5.92 Å². The summed E-state index contributed by atoms with van der Waals surface area (Å²) in [6, 6.07) is -0.162. The van der Waals surface area contributed by atoms with E-state index in [0.29, 0.717) is 12.5 Å². The Morgan fingerprint density at radius 2 is 2.00 bits per heavy atom. The Kier molecular flexibility index (Phi) is 5.65. The van der Waals surface area contributed by atoms with Gasteiger partial charge in [0, 0.05) is 12.6 Å². The highest BCUT2D eigenvalue weighted by Crippen LogP contribution is 2.18. The smallest absolute Gasteiger partial charge is 0.270 e. The van der Waals surface area contributed by atoms with E-state index in [0.717, 1.165) is 17.8 Å². The minimum Gasteiger partial charge on any atom is -0.374 e. The molecule has 1 aromatic rings. The van der Waals surface area contributed by atoms with Crippen LogP contribution in [-0.2, 0) is 10.0 Å². The second-order valence-corrected chi connectivity index (χ2v) is 8.01. The number of nitrogen functional groups attached to an aromatic ring is 1. The maximum absolute atomic E-state index is 12.1. The summed E-state index contributed by atoms with van der Waals surface area (Å²) >= 11 is 0.866. The third kappa shape index (κ3) is 5.39. The first-order valence-electron chi connectivity index (χ1n) is 5.96. The number of aromatic nitrogens is 2. The molecule has 0 amide bonds. The number of nitrogens with two attached hydrogens (primary N) is 1. The molecular weight excluding hydrogens is 286 g/mol. The van der Waals surface area contributed by atoms with E-state index in [1.54, 1.807) is 0 Å². The zero-order valence-electron chi connectivity index (χ0n) is 11.6. The average molecular weight is 307 g/mol. The van der Waals surface area contributed by atoms with Crippen LogP contribution < -0.4 is 10.5 Å². The lowest BCUT2D eigenvalue weighted by atomic mass is 10.0. The van der Waals surface area contributed by atoms with E-state index in [2.05, 4.69) is 28.8 Å². The van der Waals surface area contributed by atoms with Crippen molar-refractivity contribution >= 4 is 26.5 Å². The molecule has 0 radical (unpaired) electrons. The van der Waals surface area contributed by atoms with Crippen LogP contribution in [0.4, 0.5) is 5.13 Å². The van der Waals surface area contributed by atoms with Gasteiger partial charge in [0.05, 0.1) is 0 Å². The van der Waals surface area contributed by atoms with Gasteiger partial charge in [0.1, 0.15) is 0 Å². The molecule has 0 bridgehead atoms. The Balaban J connectivity index is 2.82. The van der Waals surface area contributed by atoms with Gasteiger partial charge in [-0.05, 0) is 26.4 Å². The normalized spacial score (nSPS) is 14.2. The molecule has 0 aliphatic heterocycles. The minimum absolute atomic E-state index is 0.0856. The maximum Gasteiger partial charge on any atom is 0.270 e. The van der Waals surface area contributed by atoms with Crippen molar-refractivity contribution in [2.75, 3.05) is 26.4 Å². The molecule has 110 valence electrons. The fourth-order valence-corrected chi connectivity index (χ4v) is 3.81. The molecular formula is C10H21N5O2S2. The number of hydrogen-bond donors (Lipinski definition) is 2. The summed E-state index contributed by atoms with van der Waals surface area (Å²) in [6.45, 7) is 4.74. The summed E-state index contributed by atoms with van der Waals surface area (Å²) in [5, 5.41) is 7.25. The first-order valence-corrected chi connectivity index (χ1v) is 8.26. The fraction of sp³-hybridized carbons (Fsp3) is 0.800. The predicted octanol–water partition coefficient (Wildman–Crippen LogP) is 0.375. The second-order valence-electron chi connectivity index (χ2n) is 5.12. The average Bonchev–Trinajstić information content (AvgIpc) is 2.62. The van der Waals surface area contributed by atoms with Gasteiger partial charge in [0.15, 0.2) is 0 Å². The summed E-state index contributed by atoms with van der Waals surface area (Å²) < 4.78 is 26.9. The molecule has 0 saturated heterocycles. The Morgan fingerprint density at radius 3 is 2.42 bits per heavy atom. The topological polar surface area (TPSA) is 101 Å². The molecule has 0 spiro atoms. The third-order valence-electron chi connectivity index (χ3n) is 2.32. The SMILES string of the molecule is CC(C)CC(CN(C)C)NS(=O)(=O)c1nnc(N)s1. The van der Waals surface area contributed by atoms with Crippen LogP contribution in [0, 0.1) is 5.92 Å². The van der Waals surface area contributed by atoms with Gasteiger partial charge >= 0.3 is 0 Å². The molecule has 7 nitrogen and oxygen atoms in total. The Morgan fingerprint density at radius 1 is 1.37 bits per heavy atom. The van der Waals surface area contributed by atoms with Crippen molar-refractivity contribution in [3.63, 3.8) is 0 Å². The van der Waals surface area contributed by atoms with E-state index < -0.39 is 10.0 Å². The molecule has 19 heavy (non-hydrogen) atoms. The van der Waals surface area contributed by atoms with Crippen LogP contribution in [0.1, 0.15) is 20.3 Å². The van der Waals surface area contributed by atoms with Gasteiger partial charge in [-0.15, -0.1) is 10.2 Å². The van der Waals surface area contributed by atoms with Crippen LogP contribution in [0.25, 0.3) is 0 Å². The van der Waals surface area contributed by atoms with E-state index in [4.69, 9.17) is 5.73 Å². The summed E-state index contributed by atoms with van der Waals surface area (Å²) in [7, 11) is 0.173. The van der Waals surface area contributed by atoms with Crippen LogP contribution in [0.3, 0.4) is 0 Å². The Labute approximate surface area is 118 Å². The number of hydrogen-bond acceptors (Lipinski definition) is 7. The van der Waals surface area contributed by atoms with Crippen LogP contribution in [-0.4, -0.2) is 50.2 Å². The molecule has 0 fully saturated rings. The fourth-order valence-electron chi connectivity index (χ4n) is 1.77. The minimum atomic E-state index is -3.64.